The highest BCUT2D eigenvalue weighted by molar-refractivity contribution is 14.1. The Kier molecular flexibility index (Phi) is 13.8. The van der Waals surface area contributed by atoms with Gasteiger partial charge >= 0.3 is 0 Å². The third-order valence-electron chi connectivity index (χ3n) is 7.23. The van der Waals surface area contributed by atoms with Crippen molar-refractivity contribution in [2.45, 2.75) is 51.0 Å². The lowest BCUT2D eigenvalue weighted by Crippen LogP contribution is -2.55. The number of rotatable bonds is 15. The van der Waals surface area contributed by atoms with Crippen molar-refractivity contribution in [1.82, 2.24) is 10.2 Å². The van der Waals surface area contributed by atoms with Crippen LogP contribution in [0.4, 0.5) is 0 Å². The summed E-state index contributed by atoms with van der Waals surface area (Å²) in [6.07, 6.45) is 3.55. The molecule has 240 valence electrons. The Morgan fingerprint density at radius 1 is 1.09 bits per heavy atom. The summed E-state index contributed by atoms with van der Waals surface area (Å²) < 4.78 is 23.4. The highest BCUT2D eigenvalue weighted by Crippen LogP contribution is 2.37. The van der Waals surface area contributed by atoms with Gasteiger partial charge in [0.25, 0.3) is 0 Å². The fourth-order valence-corrected chi connectivity index (χ4v) is 5.76. The van der Waals surface area contributed by atoms with Gasteiger partial charge in [0.1, 0.15) is 23.7 Å². The van der Waals surface area contributed by atoms with Crippen LogP contribution in [-0.4, -0.2) is 91.3 Å². The number of allylic oxidation sites excluding steroid dienone is 1. The molecule has 1 aliphatic rings. The lowest BCUT2D eigenvalue weighted by Gasteiger charge is -2.40. The van der Waals surface area contributed by atoms with E-state index in [1.807, 2.05) is 13.0 Å². The molecule has 0 aliphatic heterocycles. The maximum atomic E-state index is 13.6. The van der Waals surface area contributed by atoms with E-state index in [1.165, 1.54) is 13.2 Å². The number of carbonyl (C=O) groups excluding carboxylic acids is 2. The highest BCUT2D eigenvalue weighted by Gasteiger charge is 2.40. The smallest absolute Gasteiger partial charge is 0.247 e. The summed E-state index contributed by atoms with van der Waals surface area (Å²) in [5, 5.41) is 33.3. The molecule has 3 rings (SSSR count). The molecule has 0 heterocycles. The zero-order chi connectivity index (χ0) is 32.2. The molecule has 0 spiro atoms. The topological polar surface area (TPSA) is 147 Å². The van der Waals surface area contributed by atoms with Crippen molar-refractivity contribution in [2.24, 2.45) is 0 Å². The first kappa shape index (κ1) is 35.2. The van der Waals surface area contributed by atoms with Crippen LogP contribution in [0.3, 0.4) is 0 Å². The number of nitrogens with one attached hydrogen (secondary N) is 1. The average Bonchev–Trinajstić information content (AvgIpc) is 3.04. The van der Waals surface area contributed by atoms with Crippen LogP contribution in [0, 0.1) is 3.57 Å². The van der Waals surface area contributed by atoms with E-state index in [0.717, 1.165) is 5.56 Å². The van der Waals surface area contributed by atoms with Crippen LogP contribution in [0.15, 0.2) is 54.1 Å². The molecule has 2 amide bonds. The second kappa shape index (κ2) is 17.2. The van der Waals surface area contributed by atoms with Crippen LogP contribution >= 0.6 is 22.6 Å². The summed E-state index contributed by atoms with van der Waals surface area (Å²) in [6.45, 7) is 1.71. The molecular weight excluding hydrogens is 683 g/mol. The molecule has 4 N–H and O–H groups in total. The van der Waals surface area contributed by atoms with Gasteiger partial charge in [-0.25, -0.2) is 0 Å². The minimum atomic E-state index is -1.23. The van der Waals surface area contributed by atoms with E-state index < -0.39 is 24.2 Å². The van der Waals surface area contributed by atoms with Crippen molar-refractivity contribution in [2.75, 3.05) is 41.0 Å². The third kappa shape index (κ3) is 8.87. The number of benzene rings is 2. The average molecular weight is 725 g/mol. The standard InChI is InChI=1S/C32H41IN2O9/c1-5-6-7-29(38)35(12-10-21-16-23(41-2)8-9-26(21)42-3)25-17-22(32(40)34-11-13-36)18-27(30(25)39)44-31-24(33)14-20(19-37)15-28(31)43-4/h6-9,14-16,18,25,27,30,36-37,39H,5,10-13,17,19H2,1-4H3,(H,34,40). The first-order valence-corrected chi connectivity index (χ1v) is 15.4. The number of aliphatic hydroxyl groups excluding tert-OH is 3. The maximum absolute atomic E-state index is 13.6. The molecule has 0 saturated carbocycles. The second-order valence-corrected chi connectivity index (χ2v) is 11.2. The SMILES string of the molecule is CCC=CC(=O)N(CCc1cc(OC)ccc1OC)C1CC(C(=O)NCCO)=CC(Oc2c(I)cc(CO)cc2OC)C1O. The van der Waals surface area contributed by atoms with Crippen molar-refractivity contribution in [3.8, 4) is 23.0 Å². The Hall–Kier alpha value is -3.33. The number of hydrogen-bond donors (Lipinski definition) is 4. The number of ether oxygens (including phenoxy) is 4. The normalized spacial score (nSPS) is 18.0. The van der Waals surface area contributed by atoms with Gasteiger partial charge in [0.05, 0.1) is 44.2 Å². The molecule has 0 bridgehead atoms. The van der Waals surface area contributed by atoms with Gasteiger partial charge in [-0.15, -0.1) is 0 Å². The predicted octanol–water partition coefficient (Wildman–Crippen LogP) is 2.76. The molecule has 2 aromatic rings. The summed E-state index contributed by atoms with van der Waals surface area (Å²) in [5.74, 6) is 1.17. The van der Waals surface area contributed by atoms with E-state index in [4.69, 9.17) is 18.9 Å². The lowest BCUT2D eigenvalue weighted by molar-refractivity contribution is -0.133. The fraction of sp³-hybridized carbons (Fsp3) is 0.438. The van der Waals surface area contributed by atoms with Gasteiger partial charge in [-0.2, -0.15) is 0 Å². The largest absolute Gasteiger partial charge is 0.497 e. The molecule has 11 nitrogen and oxygen atoms in total. The van der Waals surface area contributed by atoms with E-state index in [2.05, 4.69) is 27.9 Å². The van der Waals surface area contributed by atoms with E-state index in [9.17, 15) is 24.9 Å². The Bertz CT molecular complexity index is 1350. The minimum absolute atomic E-state index is 0.0424. The van der Waals surface area contributed by atoms with Crippen molar-refractivity contribution >= 4 is 34.4 Å². The molecule has 12 heteroatoms. The highest BCUT2D eigenvalue weighted by atomic mass is 127. The van der Waals surface area contributed by atoms with E-state index in [0.29, 0.717) is 50.5 Å². The van der Waals surface area contributed by atoms with Gasteiger partial charge in [-0.05, 0) is 89.0 Å². The number of methoxy groups -OCH3 is 3. The van der Waals surface area contributed by atoms with Gasteiger partial charge < -0.3 is 44.5 Å². The monoisotopic (exact) mass is 724 g/mol. The maximum Gasteiger partial charge on any atom is 0.247 e. The van der Waals surface area contributed by atoms with Crippen LogP contribution in [-0.2, 0) is 22.6 Å². The summed E-state index contributed by atoms with van der Waals surface area (Å²) in [7, 11) is 4.60. The molecule has 1 aliphatic carbocycles. The van der Waals surface area contributed by atoms with Crippen molar-refractivity contribution < 1.29 is 43.9 Å². The zero-order valence-electron chi connectivity index (χ0n) is 25.4. The Morgan fingerprint density at radius 2 is 1.84 bits per heavy atom. The number of halogens is 1. The lowest BCUT2D eigenvalue weighted by atomic mass is 9.87. The van der Waals surface area contributed by atoms with E-state index >= 15 is 0 Å². The van der Waals surface area contributed by atoms with Crippen LogP contribution in [0.1, 0.15) is 30.9 Å². The molecule has 0 radical (unpaired) electrons. The number of amides is 2. The van der Waals surface area contributed by atoms with Crippen LogP contribution < -0.4 is 24.3 Å². The first-order chi connectivity index (χ1) is 21.2. The molecule has 44 heavy (non-hydrogen) atoms. The minimum Gasteiger partial charge on any atom is -0.497 e. The molecule has 3 unspecified atom stereocenters. The number of nitrogens with zero attached hydrogens (tertiary/aromatic N) is 1. The quantitative estimate of drug-likeness (QED) is 0.161. The zero-order valence-corrected chi connectivity index (χ0v) is 27.6. The van der Waals surface area contributed by atoms with Gasteiger partial charge in [0.2, 0.25) is 11.8 Å². The molecular formula is C32H41IN2O9. The Labute approximate surface area is 271 Å². The Balaban J connectivity index is 2.04. The number of carbonyl (C=O) groups is 2. The molecule has 3 atom stereocenters. The van der Waals surface area contributed by atoms with E-state index in [-0.39, 0.29) is 38.6 Å². The van der Waals surface area contributed by atoms with Gasteiger partial charge in [-0.3, -0.25) is 9.59 Å². The molecule has 0 saturated heterocycles. The van der Waals surface area contributed by atoms with Gasteiger partial charge in [-0.1, -0.05) is 13.0 Å². The van der Waals surface area contributed by atoms with Crippen LogP contribution in [0.25, 0.3) is 0 Å². The predicted molar refractivity (Wildman–Crippen MR) is 173 cm³/mol. The van der Waals surface area contributed by atoms with Crippen LogP contribution in [0.2, 0.25) is 0 Å². The van der Waals surface area contributed by atoms with Gasteiger partial charge in [0, 0.05) is 25.1 Å². The van der Waals surface area contributed by atoms with Crippen molar-refractivity contribution in [3.63, 3.8) is 0 Å². The fourth-order valence-electron chi connectivity index (χ4n) is 4.97. The van der Waals surface area contributed by atoms with Gasteiger partial charge in [0.15, 0.2) is 11.5 Å². The number of hydrogen-bond acceptors (Lipinski definition) is 9. The summed E-state index contributed by atoms with van der Waals surface area (Å²) in [4.78, 5) is 28.3. The molecule has 2 aromatic carbocycles. The Morgan fingerprint density at radius 3 is 2.48 bits per heavy atom. The molecule has 0 fully saturated rings. The number of aliphatic hydroxyl groups is 3. The summed E-state index contributed by atoms with van der Waals surface area (Å²) in [6, 6.07) is 7.94. The van der Waals surface area contributed by atoms with Crippen molar-refractivity contribution in [1.29, 1.82) is 0 Å². The first-order valence-electron chi connectivity index (χ1n) is 14.3. The van der Waals surface area contributed by atoms with Crippen LogP contribution in [0.5, 0.6) is 23.0 Å². The van der Waals surface area contributed by atoms with E-state index in [1.54, 1.807) is 55.5 Å². The second-order valence-electron chi connectivity index (χ2n) is 10.1. The third-order valence-corrected chi connectivity index (χ3v) is 8.03. The molecule has 0 aromatic heterocycles. The summed E-state index contributed by atoms with van der Waals surface area (Å²) >= 11 is 2.05. The summed E-state index contributed by atoms with van der Waals surface area (Å²) in [5.41, 5.74) is 1.73. The van der Waals surface area contributed by atoms with Crippen molar-refractivity contribution in [3.05, 3.63) is 68.8 Å².